The van der Waals surface area contributed by atoms with Crippen LogP contribution in [0.25, 0.3) is 22.1 Å². The van der Waals surface area contributed by atoms with Gasteiger partial charge in [-0.3, -0.25) is 0 Å². The quantitative estimate of drug-likeness (QED) is 0.327. The third kappa shape index (κ3) is 3.32. The number of benzene rings is 2. The second-order valence-corrected chi connectivity index (χ2v) is 7.98. The van der Waals surface area contributed by atoms with Crippen LogP contribution in [0.3, 0.4) is 0 Å². The van der Waals surface area contributed by atoms with Crippen LogP contribution in [0.5, 0.6) is 5.75 Å². The average Bonchev–Trinajstić information content (AvgIpc) is 2.80. The predicted molar refractivity (Wildman–Crippen MR) is 121 cm³/mol. The minimum absolute atomic E-state index is 0.0232. The minimum Gasteiger partial charge on any atom is -0.439 e. The van der Waals surface area contributed by atoms with Crippen LogP contribution in [0.15, 0.2) is 75.4 Å². The number of hydrogen-bond donors (Lipinski definition) is 1. The second kappa shape index (κ2) is 7.76. The fourth-order valence-corrected chi connectivity index (χ4v) is 4.14. The van der Waals surface area contributed by atoms with Gasteiger partial charge >= 0.3 is 5.63 Å². The van der Waals surface area contributed by atoms with Gasteiger partial charge in [0.05, 0.1) is 16.9 Å². The fourth-order valence-electron chi connectivity index (χ4n) is 4.03. The molecule has 2 aromatic carbocycles. The molecule has 0 saturated carbocycles. The van der Waals surface area contributed by atoms with Crippen molar-refractivity contribution in [3.8, 4) is 22.9 Å². The topological polar surface area (TPSA) is 102 Å². The van der Waals surface area contributed by atoms with Crippen molar-refractivity contribution >= 4 is 22.6 Å². The molecule has 0 bridgehead atoms. The molecule has 0 saturated heterocycles. The van der Waals surface area contributed by atoms with Gasteiger partial charge in [-0.05, 0) is 42.3 Å². The molecule has 0 spiro atoms. The number of aryl methyl sites for hydroxylation is 1. The Labute approximate surface area is 192 Å². The number of para-hydroxylation sites is 1. The molecule has 6 nitrogen and oxygen atoms in total. The lowest BCUT2D eigenvalue weighted by Gasteiger charge is -2.26. The summed E-state index contributed by atoms with van der Waals surface area (Å²) in [6, 6.07) is 15.1. The number of aromatic nitrogens is 1. The summed E-state index contributed by atoms with van der Waals surface area (Å²) in [5, 5.41) is 10.6. The third-order valence-electron chi connectivity index (χ3n) is 5.63. The lowest BCUT2D eigenvalue weighted by atomic mass is 9.83. The lowest BCUT2D eigenvalue weighted by molar-refractivity contribution is 0.387. The van der Waals surface area contributed by atoms with E-state index in [0.29, 0.717) is 27.2 Å². The molecule has 4 aromatic rings. The van der Waals surface area contributed by atoms with E-state index < -0.39 is 17.4 Å². The Morgan fingerprint density at radius 2 is 1.97 bits per heavy atom. The summed E-state index contributed by atoms with van der Waals surface area (Å²) in [4.78, 5) is 17.0. The number of allylic oxidation sites excluding steroid dienone is 1. The third-order valence-corrected chi connectivity index (χ3v) is 6.03. The van der Waals surface area contributed by atoms with Crippen molar-refractivity contribution < 1.29 is 13.5 Å². The highest BCUT2D eigenvalue weighted by Crippen LogP contribution is 2.44. The first-order chi connectivity index (χ1) is 15.9. The van der Waals surface area contributed by atoms with E-state index in [9.17, 15) is 10.1 Å². The molecule has 0 amide bonds. The Bertz CT molecular complexity index is 1590. The number of nitrogens with zero attached hydrogens (tertiary/aromatic N) is 2. The van der Waals surface area contributed by atoms with Gasteiger partial charge in [-0.25, -0.2) is 14.2 Å². The van der Waals surface area contributed by atoms with Crippen molar-refractivity contribution in [3.63, 3.8) is 0 Å². The zero-order valence-electron chi connectivity index (χ0n) is 17.2. The van der Waals surface area contributed by atoms with E-state index in [1.54, 1.807) is 49.5 Å². The maximum atomic E-state index is 15.5. The van der Waals surface area contributed by atoms with E-state index in [1.165, 1.54) is 12.1 Å². The van der Waals surface area contributed by atoms with Crippen molar-refractivity contribution in [1.29, 1.82) is 5.26 Å². The largest absolute Gasteiger partial charge is 0.439 e. The van der Waals surface area contributed by atoms with Crippen molar-refractivity contribution in [1.82, 2.24) is 4.98 Å². The zero-order chi connectivity index (χ0) is 23.3. The summed E-state index contributed by atoms with van der Waals surface area (Å²) in [5.41, 5.74) is 7.66. The first-order valence-corrected chi connectivity index (χ1v) is 10.3. The van der Waals surface area contributed by atoms with Gasteiger partial charge in [0.25, 0.3) is 0 Å². The van der Waals surface area contributed by atoms with Crippen LogP contribution in [0.2, 0.25) is 5.15 Å². The average molecular weight is 460 g/mol. The van der Waals surface area contributed by atoms with Crippen LogP contribution in [0, 0.1) is 24.1 Å². The van der Waals surface area contributed by atoms with Gasteiger partial charge in [0.15, 0.2) is 5.75 Å². The number of rotatable bonds is 2. The first kappa shape index (κ1) is 20.7. The van der Waals surface area contributed by atoms with E-state index in [-0.39, 0.29) is 28.3 Å². The van der Waals surface area contributed by atoms with Gasteiger partial charge in [-0.1, -0.05) is 35.9 Å². The van der Waals surface area contributed by atoms with Crippen LogP contribution in [0.4, 0.5) is 4.39 Å². The molecule has 0 aliphatic carbocycles. The summed E-state index contributed by atoms with van der Waals surface area (Å²) in [6.45, 7) is 1.80. The molecule has 3 heterocycles. The van der Waals surface area contributed by atoms with E-state index in [1.807, 2.05) is 6.07 Å². The summed E-state index contributed by atoms with van der Waals surface area (Å²) in [7, 11) is 0. The molecule has 2 N–H and O–H groups in total. The van der Waals surface area contributed by atoms with Crippen molar-refractivity contribution in [3.05, 3.63) is 104 Å². The van der Waals surface area contributed by atoms with E-state index >= 15 is 4.39 Å². The van der Waals surface area contributed by atoms with E-state index in [0.717, 1.165) is 5.56 Å². The number of fused-ring (bicyclic) bond motifs is 3. The summed E-state index contributed by atoms with van der Waals surface area (Å²) >= 11 is 5.99. The Morgan fingerprint density at radius 3 is 2.70 bits per heavy atom. The minimum atomic E-state index is -1.08. The highest BCUT2D eigenvalue weighted by Gasteiger charge is 2.36. The molecule has 2 aromatic heterocycles. The second-order valence-electron chi connectivity index (χ2n) is 7.62. The van der Waals surface area contributed by atoms with Gasteiger partial charge in [0.1, 0.15) is 28.2 Å². The van der Waals surface area contributed by atoms with E-state index in [4.69, 9.17) is 26.5 Å². The normalized spacial score (nSPS) is 15.2. The molecule has 5 rings (SSSR count). The monoisotopic (exact) mass is 459 g/mol. The van der Waals surface area contributed by atoms with E-state index in [2.05, 4.69) is 4.98 Å². The molecule has 1 aliphatic rings. The summed E-state index contributed by atoms with van der Waals surface area (Å²) in [5.74, 6) is -1.74. The summed E-state index contributed by atoms with van der Waals surface area (Å²) < 4.78 is 26.6. The van der Waals surface area contributed by atoms with Gasteiger partial charge in [-0.15, -0.1) is 0 Å². The number of halogens is 2. The smallest absolute Gasteiger partial charge is 0.344 e. The van der Waals surface area contributed by atoms with Crippen LogP contribution in [-0.4, -0.2) is 4.98 Å². The number of hydrogen-bond acceptors (Lipinski definition) is 6. The SMILES string of the molecule is Cc1cc(-c2ccc(C3C(C#N)=C(N)Oc4c3c(=O)oc3ccccc43)c(F)c2)cnc1Cl. The van der Waals surface area contributed by atoms with Crippen LogP contribution in [0.1, 0.15) is 22.6 Å². The Morgan fingerprint density at radius 1 is 1.18 bits per heavy atom. The molecule has 1 aliphatic heterocycles. The number of ether oxygens (including phenoxy) is 1. The predicted octanol–water partition coefficient (Wildman–Crippen LogP) is 5.17. The lowest BCUT2D eigenvalue weighted by Crippen LogP contribution is -2.26. The number of nitrogens with two attached hydrogens (primary N) is 1. The molecular weight excluding hydrogens is 445 g/mol. The molecular formula is C25H15ClFN3O3. The Kier molecular flexibility index (Phi) is 4.88. The van der Waals surface area contributed by atoms with Crippen molar-refractivity contribution in [2.24, 2.45) is 5.73 Å². The zero-order valence-corrected chi connectivity index (χ0v) is 18.0. The molecule has 162 valence electrons. The molecule has 33 heavy (non-hydrogen) atoms. The standard InChI is InChI=1S/C25H15ClFN3O3/c1-12-8-14(11-30-23(12)26)13-6-7-15(18(27)9-13)20-17(10-28)24(29)33-22-16-4-2-3-5-19(16)32-25(31)21(20)22/h2-9,11,20H,29H2,1H3. The van der Waals surface area contributed by atoms with Crippen molar-refractivity contribution in [2.45, 2.75) is 12.8 Å². The maximum absolute atomic E-state index is 15.5. The van der Waals surface area contributed by atoms with Crippen LogP contribution < -0.4 is 16.1 Å². The molecule has 8 heteroatoms. The van der Waals surface area contributed by atoms with Gasteiger partial charge in [0, 0.05) is 17.3 Å². The molecule has 0 fully saturated rings. The van der Waals surface area contributed by atoms with Crippen LogP contribution >= 0.6 is 11.6 Å². The van der Waals surface area contributed by atoms with Gasteiger partial charge < -0.3 is 14.9 Å². The highest BCUT2D eigenvalue weighted by atomic mass is 35.5. The Balaban J connectivity index is 1.72. The van der Waals surface area contributed by atoms with Crippen LogP contribution in [-0.2, 0) is 0 Å². The van der Waals surface area contributed by atoms with Gasteiger partial charge in [0.2, 0.25) is 5.88 Å². The number of pyridine rings is 1. The molecule has 1 atom stereocenters. The number of nitriles is 1. The van der Waals surface area contributed by atoms with Gasteiger partial charge in [-0.2, -0.15) is 5.26 Å². The maximum Gasteiger partial charge on any atom is 0.344 e. The Hall–Kier alpha value is -4.15. The molecule has 1 unspecified atom stereocenters. The highest BCUT2D eigenvalue weighted by molar-refractivity contribution is 6.30. The first-order valence-electron chi connectivity index (χ1n) is 9.94. The molecule has 0 radical (unpaired) electrons. The fraction of sp³-hybridized carbons (Fsp3) is 0.0800. The van der Waals surface area contributed by atoms with Crippen molar-refractivity contribution in [2.75, 3.05) is 0 Å². The summed E-state index contributed by atoms with van der Waals surface area (Å²) in [6.07, 6.45) is 1.55.